The molecule has 0 aromatic carbocycles. The predicted molar refractivity (Wildman–Crippen MR) is 55.3 cm³/mol. The van der Waals surface area contributed by atoms with Crippen molar-refractivity contribution in [1.82, 2.24) is 9.29 Å². The van der Waals surface area contributed by atoms with Gasteiger partial charge in [-0.25, -0.2) is 13.4 Å². The van der Waals surface area contributed by atoms with Gasteiger partial charge in [0.05, 0.1) is 5.75 Å². The number of nitrogens with two attached hydrogens (primary N) is 1. The molecule has 0 atom stereocenters. The molecule has 1 aliphatic rings. The largest absolute Gasteiger partial charge is 0.375 e. The quantitative estimate of drug-likeness (QED) is 0.795. The SMILES string of the molecule is Nc1ncc(CN2CCCS2(=O)=O)s1. The van der Waals surface area contributed by atoms with Crippen molar-refractivity contribution in [3.05, 3.63) is 11.1 Å². The van der Waals surface area contributed by atoms with Gasteiger partial charge in [-0.05, 0) is 6.42 Å². The van der Waals surface area contributed by atoms with Crippen molar-refractivity contribution in [3.63, 3.8) is 0 Å². The summed E-state index contributed by atoms with van der Waals surface area (Å²) in [5.41, 5.74) is 5.46. The molecule has 1 aliphatic heterocycles. The highest BCUT2D eigenvalue weighted by Gasteiger charge is 2.28. The van der Waals surface area contributed by atoms with Gasteiger partial charge < -0.3 is 5.73 Å². The summed E-state index contributed by atoms with van der Waals surface area (Å²) in [4.78, 5) is 4.78. The van der Waals surface area contributed by atoms with E-state index in [2.05, 4.69) is 4.98 Å². The molecule has 2 N–H and O–H groups in total. The lowest BCUT2D eigenvalue weighted by Crippen LogP contribution is -2.24. The molecule has 1 saturated heterocycles. The molecule has 0 bridgehead atoms. The molecule has 1 fully saturated rings. The average Bonchev–Trinajstić information content (AvgIpc) is 2.61. The Labute approximate surface area is 86.6 Å². The van der Waals surface area contributed by atoms with Gasteiger partial charge in [-0.1, -0.05) is 0 Å². The molecule has 5 nitrogen and oxygen atoms in total. The minimum atomic E-state index is -3.00. The van der Waals surface area contributed by atoms with E-state index < -0.39 is 10.0 Å². The van der Waals surface area contributed by atoms with E-state index in [1.807, 2.05) is 0 Å². The summed E-state index contributed by atoms with van der Waals surface area (Å²) in [6.07, 6.45) is 2.35. The second kappa shape index (κ2) is 3.48. The Hall–Kier alpha value is -0.660. The highest BCUT2D eigenvalue weighted by Crippen LogP contribution is 2.21. The number of hydrogen-bond acceptors (Lipinski definition) is 5. The number of aromatic nitrogens is 1. The standard InChI is InChI=1S/C7H11N3O2S2/c8-7-9-4-6(13-7)5-10-2-1-3-14(10,11)12/h4H,1-3,5H2,(H2,8,9). The maximum atomic E-state index is 11.5. The van der Waals surface area contributed by atoms with Crippen molar-refractivity contribution in [2.45, 2.75) is 13.0 Å². The van der Waals surface area contributed by atoms with Crippen LogP contribution in [0.3, 0.4) is 0 Å². The Morgan fingerprint density at radius 3 is 2.93 bits per heavy atom. The van der Waals surface area contributed by atoms with Crippen LogP contribution < -0.4 is 5.73 Å². The monoisotopic (exact) mass is 233 g/mol. The van der Waals surface area contributed by atoms with E-state index in [1.54, 1.807) is 6.20 Å². The average molecular weight is 233 g/mol. The molecule has 0 radical (unpaired) electrons. The van der Waals surface area contributed by atoms with Gasteiger partial charge in [0.1, 0.15) is 0 Å². The van der Waals surface area contributed by atoms with Gasteiger partial charge in [-0.3, -0.25) is 0 Å². The fourth-order valence-electron chi connectivity index (χ4n) is 1.44. The van der Waals surface area contributed by atoms with E-state index in [0.717, 1.165) is 11.3 Å². The fourth-order valence-corrected chi connectivity index (χ4v) is 3.72. The van der Waals surface area contributed by atoms with Crippen LogP contribution in [-0.4, -0.2) is 30.0 Å². The Morgan fingerprint density at radius 1 is 1.64 bits per heavy atom. The third-order valence-corrected chi connectivity index (χ3v) is 4.82. The van der Waals surface area contributed by atoms with E-state index in [9.17, 15) is 8.42 Å². The summed E-state index contributed by atoms with van der Waals surface area (Å²) >= 11 is 1.34. The minimum absolute atomic E-state index is 0.265. The molecule has 0 aliphatic carbocycles. The van der Waals surface area contributed by atoms with Crippen LogP contribution in [0.4, 0.5) is 5.13 Å². The summed E-state index contributed by atoms with van der Waals surface area (Å²) in [5, 5.41) is 0.483. The van der Waals surface area contributed by atoms with E-state index in [1.165, 1.54) is 15.6 Å². The van der Waals surface area contributed by atoms with Gasteiger partial charge in [0.2, 0.25) is 10.0 Å². The number of rotatable bonds is 2. The third-order valence-electron chi connectivity index (χ3n) is 2.11. The summed E-state index contributed by atoms with van der Waals surface area (Å²) in [6, 6.07) is 0. The molecule has 2 heterocycles. The van der Waals surface area contributed by atoms with Crippen molar-refractivity contribution in [2.24, 2.45) is 0 Å². The topological polar surface area (TPSA) is 76.3 Å². The zero-order chi connectivity index (χ0) is 10.2. The number of sulfonamides is 1. The molecule has 1 aromatic heterocycles. The molecule has 14 heavy (non-hydrogen) atoms. The fraction of sp³-hybridized carbons (Fsp3) is 0.571. The number of nitrogens with zero attached hydrogens (tertiary/aromatic N) is 2. The Kier molecular flexibility index (Phi) is 2.46. The molecular formula is C7H11N3O2S2. The van der Waals surface area contributed by atoms with Gasteiger partial charge in [-0.15, -0.1) is 11.3 Å². The maximum Gasteiger partial charge on any atom is 0.214 e. The summed E-state index contributed by atoms with van der Waals surface area (Å²) in [5.74, 6) is 0.265. The van der Waals surface area contributed by atoms with Crippen LogP contribution in [-0.2, 0) is 16.6 Å². The number of nitrogen functional groups attached to an aromatic ring is 1. The lowest BCUT2D eigenvalue weighted by Gasteiger charge is -2.11. The Balaban J connectivity index is 2.12. The first-order chi connectivity index (χ1) is 6.58. The smallest absolute Gasteiger partial charge is 0.214 e. The molecule has 7 heteroatoms. The van der Waals surface area contributed by atoms with Crippen LogP contribution in [0.2, 0.25) is 0 Å². The lowest BCUT2D eigenvalue weighted by molar-refractivity contribution is 0.443. The highest BCUT2D eigenvalue weighted by molar-refractivity contribution is 7.89. The van der Waals surface area contributed by atoms with Gasteiger partial charge in [-0.2, -0.15) is 4.31 Å². The second-order valence-corrected chi connectivity index (χ2v) is 6.40. The molecule has 78 valence electrons. The van der Waals surface area contributed by atoms with Crippen LogP contribution in [0, 0.1) is 0 Å². The van der Waals surface area contributed by atoms with E-state index in [4.69, 9.17) is 5.73 Å². The van der Waals surface area contributed by atoms with Crippen molar-refractivity contribution >= 4 is 26.5 Å². The summed E-state index contributed by atoms with van der Waals surface area (Å²) in [6.45, 7) is 1.03. The molecule has 2 rings (SSSR count). The maximum absolute atomic E-state index is 11.5. The first-order valence-electron chi connectivity index (χ1n) is 4.26. The Morgan fingerprint density at radius 2 is 2.43 bits per heavy atom. The van der Waals surface area contributed by atoms with E-state index in [0.29, 0.717) is 18.2 Å². The van der Waals surface area contributed by atoms with Gasteiger partial charge in [0, 0.05) is 24.2 Å². The lowest BCUT2D eigenvalue weighted by atomic mass is 10.4. The molecule has 0 unspecified atom stereocenters. The zero-order valence-corrected chi connectivity index (χ0v) is 9.14. The van der Waals surface area contributed by atoms with Crippen molar-refractivity contribution in [1.29, 1.82) is 0 Å². The number of hydrogen-bond donors (Lipinski definition) is 1. The Bertz CT molecular complexity index is 426. The van der Waals surface area contributed by atoms with E-state index in [-0.39, 0.29) is 5.75 Å². The summed E-state index contributed by atoms with van der Waals surface area (Å²) < 4.78 is 24.4. The minimum Gasteiger partial charge on any atom is -0.375 e. The molecule has 1 aromatic rings. The van der Waals surface area contributed by atoms with Crippen LogP contribution in [0.25, 0.3) is 0 Å². The predicted octanol–water partition coefficient (Wildman–Crippen LogP) is 0.261. The zero-order valence-electron chi connectivity index (χ0n) is 7.51. The molecule has 0 amide bonds. The first kappa shape index (κ1) is 9.88. The van der Waals surface area contributed by atoms with Gasteiger partial charge in [0.25, 0.3) is 0 Å². The van der Waals surface area contributed by atoms with Gasteiger partial charge >= 0.3 is 0 Å². The van der Waals surface area contributed by atoms with E-state index >= 15 is 0 Å². The van der Waals surface area contributed by atoms with Crippen molar-refractivity contribution in [2.75, 3.05) is 18.0 Å². The molecule has 0 spiro atoms. The normalized spacial score (nSPS) is 21.4. The number of anilines is 1. The van der Waals surface area contributed by atoms with Crippen molar-refractivity contribution < 1.29 is 8.42 Å². The van der Waals surface area contributed by atoms with Crippen LogP contribution >= 0.6 is 11.3 Å². The van der Waals surface area contributed by atoms with Crippen molar-refractivity contribution in [3.8, 4) is 0 Å². The molecule has 0 saturated carbocycles. The molecular weight excluding hydrogens is 222 g/mol. The first-order valence-corrected chi connectivity index (χ1v) is 6.68. The number of thiazole rings is 1. The van der Waals surface area contributed by atoms with Crippen LogP contribution in [0.15, 0.2) is 6.20 Å². The second-order valence-electron chi connectivity index (χ2n) is 3.17. The summed E-state index contributed by atoms with van der Waals surface area (Å²) in [7, 11) is -3.00. The van der Waals surface area contributed by atoms with Gasteiger partial charge in [0.15, 0.2) is 5.13 Å². The van der Waals surface area contributed by atoms with Crippen LogP contribution in [0.1, 0.15) is 11.3 Å². The highest BCUT2D eigenvalue weighted by atomic mass is 32.2. The van der Waals surface area contributed by atoms with Crippen LogP contribution in [0.5, 0.6) is 0 Å². The third kappa shape index (κ3) is 1.89.